The standard InChI is InChI=1S/C24H34N2O4S2/c1-3-17-32(29,30)25-24-11-7-10-23(24)21-12-14-22(15-13-21)26(16-18-31(2,27)28)19-20-8-5-4-6-9-20/h4-6,8-9,12-15,23-25H,3,7,10-11,16-19H2,1-2H3. The molecular weight excluding hydrogens is 444 g/mol. The van der Waals surface area contributed by atoms with E-state index in [0.717, 1.165) is 36.1 Å². The van der Waals surface area contributed by atoms with Crippen LogP contribution in [0.4, 0.5) is 5.69 Å². The zero-order valence-electron chi connectivity index (χ0n) is 18.9. The molecular formula is C24H34N2O4S2. The first-order chi connectivity index (χ1) is 15.2. The van der Waals surface area contributed by atoms with Gasteiger partial charge in [-0.25, -0.2) is 21.6 Å². The third-order valence-corrected chi connectivity index (χ3v) is 8.49. The van der Waals surface area contributed by atoms with E-state index >= 15 is 0 Å². The highest BCUT2D eigenvalue weighted by Gasteiger charge is 2.31. The van der Waals surface area contributed by atoms with Crippen molar-refractivity contribution in [3.05, 3.63) is 65.7 Å². The molecule has 0 spiro atoms. The molecule has 0 radical (unpaired) electrons. The summed E-state index contributed by atoms with van der Waals surface area (Å²) >= 11 is 0. The molecule has 1 fully saturated rings. The van der Waals surface area contributed by atoms with E-state index in [-0.39, 0.29) is 23.5 Å². The maximum Gasteiger partial charge on any atom is 0.211 e. The van der Waals surface area contributed by atoms with Crippen LogP contribution in [0.1, 0.15) is 49.7 Å². The van der Waals surface area contributed by atoms with E-state index in [1.807, 2.05) is 49.4 Å². The van der Waals surface area contributed by atoms with E-state index < -0.39 is 19.9 Å². The molecule has 3 rings (SSSR count). The first-order valence-electron chi connectivity index (χ1n) is 11.2. The molecule has 0 heterocycles. The van der Waals surface area contributed by atoms with Gasteiger partial charge in [0.1, 0.15) is 9.84 Å². The van der Waals surface area contributed by atoms with E-state index in [2.05, 4.69) is 21.8 Å². The summed E-state index contributed by atoms with van der Waals surface area (Å²) in [6.45, 7) is 2.91. The normalized spacial score (nSPS) is 19.2. The van der Waals surface area contributed by atoms with Crippen LogP contribution in [0.3, 0.4) is 0 Å². The molecule has 8 heteroatoms. The summed E-state index contributed by atoms with van der Waals surface area (Å²) in [7, 11) is -6.33. The van der Waals surface area contributed by atoms with Gasteiger partial charge in [-0.05, 0) is 42.5 Å². The van der Waals surface area contributed by atoms with Gasteiger partial charge in [0.25, 0.3) is 0 Å². The highest BCUT2D eigenvalue weighted by Crippen LogP contribution is 2.36. The van der Waals surface area contributed by atoms with Crippen LogP contribution in [-0.4, -0.2) is 47.2 Å². The van der Waals surface area contributed by atoms with Gasteiger partial charge in [-0.3, -0.25) is 0 Å². The third-order valence-electron chi connectivity index (χ3n) is 5.95. The van der Waals surface area contributed by atoms with E-state index in [4.69, 9.17) is 0 Å². The van der Waals surface area contributed by atoms with Crippen molar-refractivity contribution in [2.45, 2.75) is 51.1 Å². The quantitative estimate of drug-likeness (QED) is 0.532. The van der Waals surface area contributed by atoms with Crippen LogP contribution in [0, 0.1) is 0 Å². The Kier molecular flexibility index (Phi) is 8.36. The predicted molar refractivity (Wildman–Crippen MR) is 131 cm³/mol. The number of benzene rings is 2. The van der Waals surface area contributed by atoms with Gasteiger partial charge in [0.15, 0.2) is 0 Å². The van der Waals surface area contributed by atoms with Crippen LogP contribution in [0.15, 0.2) is 54.6 Å². The lowest BCUT2D eigenvalue weighted by Gasteiger charge is -2.26. The van der Waals surface area contributed by atoms with Crippen LogP contribution in [0.2, 0.25) is 0 Å². The molecule has 32 heavy (non-hydrogen) atoms. The van der Waals surface area contributed by atoms with Crippen molar-refractivity contribution in [1.82, 2.24) is 4.72 Å². The summed E-state index contributed by atoms with van der Waals surface area (Å²) in [6.07, 6.45) is 4.67. The molecule has 0 aromatic heterocycles. The SMILES string of the molecule is CCCS(=O)(=O)NC1CCCC1c1ccc(N(CCS(C)(=O)=O)Cc2ccccc2)cc1. The van der Waals surface area contributed by atoms with Gasteiger partial charge in [0, 0.05) is 37.0 Å². The first-order valence-corrected chi connectivity index (χ1v) is 14.9. The Morgan fingerprint density at radius 1 is 0.938 bits per heavy atom. The minimum Gasteiger partial charge on any atom is -0.366 e. The number of nitrogens with zero attached hydrogens (tertiary/aromatic N) is 1. The molecule has 1 aliphatic carbocycles. The van der Waals surface area contributed by atoms with Crippen molar-refractivity contribution in [1.29, 1.82) is 0 Å². The van der Waals surface area contributed by atoms with Gasteiger partial charge in [0.05, 0.1) is 11.5 Å². The summed E-state index contributed by atoms with van der Waals surface area (Å²) in [4.78, 5) is 2.08. The maximum absolute atomic E-state index is 12.3. The topological polar surface area (TPSA) is 83.6 Å². The van der Waals surface area contributed by atoms with Gasteiger partial charge >= 0.3 is 0 Å². The summed E-state index contributed by atoms with van der Waals surface area (Å²) in [5.41, 5.74) is 3.20. The van der Waals surface area contributed by atoms with Crippen molar-refractivity contribution in [2.24, 2.45) is 0 Å². The first kappa shape index (κ1) is 24.7. The molecule has 2 aromatic rings. The smallest absolute Gasteiger partial charge is 0.211 e. The number of sulfonamides is 1. The monoisotopic (exact) mass is 478 g/mol. The zero-order chi connectivity index (χ0) is 23.2. The Morgan fingerprint density at radius 2 is 1.62 bits per heavy atom. The minimum absolute atomic E-state index is 0.0666. The third kappa shape index (κ3) is 7.32. The van der Waals surface area contributed by atoms with Gasteiger partial charge in [-0.1, -0.05) is 55.8 Å². The molecule has 2 unspecified atom stereocenters. The van der Waals surface area contributed by atoms with Crippen LogP contribution in [0.5, 0.6) is 0 Å². The fourth-order valence-corrected chi connectivity index (χ4v) is 6.32. The number of hydrogen-bond donors (Lipinski definition) is 1. The fraction of sp³-hybridized carbons (Fsp3) is 0.500. The van der Waals surface area contributed by atoms with Gasteiger partial charge in [-0.2, -0.15) is 0 Å². The molecule has 2 atom stereocenters. The molecule has 6 nitrogen and oxygen atoms in total. The molecule has 176 valence electrons. The Hall–Kier alpha value is -1.90. The number of anilines is 1. The largest absolute Gasteiger partial charge is 0.366 e. The number of rotatable bonds is 11. The van der Waals surface area contributed by atoms with Gasteiger partial charge in [0.2, 0.25) is 10.0 Å². The van der Waals surface area contributed by atoms with Gasteiger partial charge in [-0.15, -0.1) is 0 Å². The van der Waals surface area contributed by atoms with Crippen molar-refractivity contribution < 1.29 is 16.8 Å². The lowest BCUT2D eigenvalue weighted by Crippen LogP contribution is -2.37. The number of sulfone groups is 1. The second kappa shape index (κ2) is 10.8. The Bertz CT molecular complexity index is 1070. The van der Waals surface area contributed by atoms with Crippen molar-refractivity contribution in [3.63, 3.8) is 0 Å². The van der Waals surface area contributed by atoms with E-state index in [1.165, 1.54) is 6.26 Å². The Morgan fingerprint density at radius 3 is 2.25 bits per heavy atom. The van der Waals surface area contributed by atoms with Crippen molar-refractivity contribution in [2.75, 3.05) is 29.2 Å². The molecule has 1 aliphatic rings. The molecule has 2 aromatic carbocycles. The second-order valence-corrected chi connectivity index (χ2v) is 12.8. The van der Waals surface area contributed by atoms with E-state index in [9.17, 15) is 16.8 Å². The minimum atomic E-state index is -3.25. The van der Waals surface area contributed by atoms with Gasteiger partial charge < -0.3 is 4.90 Å². The zero-order valence-corrected chi connectivity index (χ0v) is 20.5. The molecule has 0 amide bonds. The number of hydrogen-bond acceptors (Lipinski definition) is 5. The lowest BCUT2D eigenvalue weighted by molar-refractivity contribution is 0.524. The molecule has 0 aliphatic heterocycles. The molecule has 1 saturated carbocycles. The Labute approximate surface area is 193 Å². The average molecular weight is 479 g/mol. The number of nitrogens with one attached hydrogen (secondary N) is 1. The second-order valence-electron chi connectivity index (χ2n) is 8.71. The Balaban J connectivity index is 1.77. The predicted octanol–water partition coefficient (Wildman–Crippen LogP) is 3.70. The van der Waals surface area contributed by atoms with Crippen LogP contribution < -0.4 is 9.62 Å². The maximum atomic E-state index is 12.3. The van der Waals surface area contributed by atoms with E-state index in [1.54, 1.807) is 0 Å². The highest BCUT2D eigenvalue weighted by atomic mass is 32.2. The van der Waals surface area contributed by atoms with Crippen LogP contribution >= 0.6 is 0 Å². The average Bonchev–Trinajstić information content (AvgIpc) is 3.18. The van der Waals surface area contributed by atoms with Crippen molar-refractivity contribution >= 4 is 25.5 Å². The summed E-state index contributed by atoms with van der Waals surface area (Å²) in [5.74, 6) is 0.407. The summed E-state index contributed by atoms with van der Waals surface area (Å²) < 4.78 is 51.0. The molecule has 0 bridgehead atoms. The summed E-state index contributed by atoms with van der Waals surface area (Å²) in [6, 6.07) is 18.1. The van der Waals surface area contributed by atoms with Crippen LogP contribution in [-0.2, 0) is 26.4 Å². The van der Waals surface area contributed by atoms with Crippen LogP contribution in [0.25, 0.3) is 0 Å². The van der Waals surface area contributed by atoms with E-state index in [0.29, 0.717) is 19.5 Å². The molecule has 1 N–H and O–H groups in total. The lowest BCUT2D eigenvalue weighted by atomic mass is 9.94. The summed E-state index contributed by atoms with van der Waals surface area (Å²) in [5, 5.41) is 0. The fourth-order valence-electron chi connectivity index (χ4n) is 4.37. The highest BCUT2D eigenvalue weighted by molar-refractivity contribution is 7.90. The van der Waals surface area contributed by atoms with Crippen molar-refractivity contribution in [3.8, 4) is 0 Å². The molecule has 0 saturated heterocycles.